The van der Waals surface area contributed by atoms with E-state index in [0.717, 1.165) is 6.20 Å². The molecule has 0 saturated heterocycles. The Labute approximate surface area is 235 Å². The molecule has 0 saturated carbocycles. The number of hydrogen-bond acceptors (Lipinski definition) is 8. The lowest BCUT2D eigenvalue weighted by Crippen LogP contribution is -2.47. The van der Waals surface area contributed by atoms with Crippen LogP contribution in [-0.2, 0) is 9.53 Å². The molecule has 0 aliphatic carbocycles. The molecule has 0 spiro atoms. The van der Waals surface area contributed by atoms with Crippen LogP contribution in [-0.4, -0.2) is 55.7 Å². The highest BCUT2D eigenvalue weighted by atomic mass is 35.5. The molecule has 2 atom stereocenters. The molecule has 0 aliphatic rings. The summed E-state index contributed by atoms with van der Waals surface area (Å²) in [6.45, 7) is 3.10. The van der Waals surface area contributed by atoms with Crippen molar-refractivity contribution in [3.8, 4) is 23.0 Å². The maximum atomic E-state index is 13.1. The summed E-state index contributed by atoms with van der Waals surface area (Å²) in [5, 5.41) is 23.6. The smallest absolute Gasteiger partial charge is 0.366 e. The number of rotatable bonds is 10. The van der Waals surface area contributed by atoms with Gasteiger partial charge < -0.3 is 29.4 Å². The number of esters is 1. The monoisotopic (exact) mass is 579 g/mol. The third-order valence-electron chi connectivity index (χ3n) is 6.02. The Balaban J connectivity index is 1.91. The van der Waals surface area contributed by atoms with E-state index in [4.69, 9.17) is 42.1 Å². The summed E-state index contributed by atoms with van der Waals surface area (Å²) >= 11 is 12.4. The second kappa shape index (κ2) is 12.8. The molecule has 0 fully saturated rings. The molecule has 39 heavy (non-hydrogen) atoms. The van der Waals surface area contributed by atoms with Gasteiger partial charge in [-0.3, -0.25) is 10.0 Å². The minimum Gasteiger partial charge on any atom is -0.499 e. The van der Waals surface area contributed by atoms with Crippen molar-refractivity contribution in [2.45, 2.75) is 31.9 Å². The molecule has 10 nitrogen and oxygen atoms in total. The van der Waals surface area contributed by atoms with Crippen molar-refractivity contribution in [1.29, 1.82) is 0 Å². The molecule has 208 valence electrons. The highest BCUT2D eigenvalue weighted by Crippen LogP contribution is 2.41. The van der Waals surface area contributed by atoms with Crippen LogP contribution in [0, 0.1) is 0 Å². The van der Waals surface area contributed by atoms with Crippen LogP contribution in [0.15, 0.2) is 48.7 Å². The molecular weight excluding hydrogens is 551 g/mol. The first-order chi connectivity index (χ1) is 18.5. The Morgan fingerprint density at radius 2 is 1.38 bits per heavy atom. The number of nitrogens with one attached hydrogen (secondary N) is 1. The fourth-order valence-corrected chi connectivity index (χ4v) is 4.45. The summed E-state index contributed by atoms with van der Waals surface area (Å²) in [6, 6.07) is 10.3. The quantitative estimate of drug-likeness (QED) is 0.186. The van der Waals surface area contributed by atoms with E-state index in [2.05, 4.69) is 5.32 Å². The van der Waals surface area contributed by atoms with Gasteiger partial charge in [0.05, 0.1) is 33.3 Å². The van der Waals surface area contributed by atoms with E-state index in [0.29, 0.717) is 37.4 Å². The molecule has 12 heteroatoms. The van der Waals surface area contributed by atoms with Gasteiger partial charge in [0.25, 0.3) is 0 Å². The molecule has 1 heterocycles. The average Bonchev–Trinajstić information content (AvgIpc) is 2.90. The minimum atomic E-state index is -1.16. The van der Waals surface area contributed by atoms with Gasteiger partial charge in [-0.15, -0.1) is 0 Å². The molecular formula is C27H29Cl2N2O8+. The van der Waals surface area contributed by atoms with Crippen LogP contribution in [0.2, 0.25) is 10.0 Å². The van der Waals surface area contributed by atoms with Crippen LogP contribution >= 0.6 is 23.2 Å². The fourth-order valence-electron chi connectivity index (χ4n) is 4.13. The number of ether oxygens (including phenoxy) is 4. The van der Waals surface area contributed by atoms with Crippen molar-refractivity contribution in [2.24, 2.45) is 0 Å². The number of pyridine rings is 1. The zero-order valence-electron chi connectivity index (χ0n) is 21.9. The van der Waals surface area contributed by atoms with E-state index < -0.39 is 41.4 Å². The van der Waals surface area contributed by atoms with Gasteiger partial charge in [-0.1, -0.05) is 35.3 Å². The molecule has 0 bridgehead atoms. The third kappa shape index (κ3) is 6.58. The summed E-state index contributed by atoms with van der Waals surface area (Å²) in [7, 11) is 4.30. The first-order valence-corrected chi connectivity index (χ1v) is 12.5. The fraction of sp³-hybridized carbons (Fsp3) is 0.296. The van der Waals surface area contributed by atoms with E-state index in [1.807, 2.05) is 0 Å². The summed E-state index contributed by atoms with van der Waals surface area (Å²) in [5.74, 6) is -1.98. The van der Waals surface area contributed by atoms with Crippen LogP contribution in [0.4, 0.5) is 0 Å². The van der Waals surface area contributed by atoms with Gasteiger partial charge in [0, 0.05) is 25.9 Å². The van der Waals surface area contributed by atoms with Gasteiger partial charge in [-0.05, 0) is 38.1 Å². The zero-order chi connectivity index (χ0) is 28.9. The third-order valence-corrected chi connectivity index (χ3v) is 6.49. The standard InChI is InChI=1S/C27H28Cl2N2O8/c1-14(30-26(33)24-25(32)20(36-3)10-11-31(24)35)27(34)39-15(2)23(18-8-6-16(28)12-21(18)37-4)19-9-7-17(29)13-22(19)38-5/h6-15,23H,1-5H3,(H2-,30,32,33,35)/p+1/t14-,15-/m0/s1. The van der Waals surface area contributed by atoms with Crippen LogP contribution in [0.1, 0.15) is 41.4 Å². The number of amides is 1. The number of halogens is 2. The van der Waals surface area contributed by atoms with Crippen molar-refractivity contribution >= 4 is 35.1 Å². The molecule has 1 aromatic heterocycles. The Hall–Kier alpha value is -3.89. The molecule has 3 N–H and O–H groups in total. The SMILES string of the molecule is COc1cc(Cl)ccc1C(c1ccc(Cl)cc1OC)[C@H](C)OC(=O)[C@H](C)NC(=O)c1c(O)c(OC)cc[n+]1O. The number of nitrogens with zero attached hydrogens (tertiary/aromatic N) is 1. The molecule has 0 unspecified atom stereocenters. The lowest BCUT2D eigenvalue weighted by Gasteiger charge is -2.28. The van der Waals surface area contributed by atoms with E-state index in [-0.39, 0.29) is 5.75 Å². The number of carbonyl (C=O) groups is 2. The van der Waals surface area contributed by atoms with Crippen LogP contribution in [0.25, 0.3) is 0 Å². The van der Waals surface area contributed by atoms with Crippen molar-refractivity contribution in [1.82, 2.24) is 5.32 Å². The first-order valence-electron chi connectivity index (χ1n) is 11.7. The highest BCUT2D eigenvalue weighted by molar-refractivity contribution is 6.31. The number of methoxy groups -OCH3 is 3. The predicted molar refractivity (Wildman–Crippen MR) is 142 cm³/mol. The minimum absolute atomic E-state index is 0.0361. The Morgan fingerprint density at radius 1 is 0.872 bits per heavy atom. The van der Waals surface area contributed by atoms with Crippen molar-refractivity contribution in [3.05, 3.63) is 75.5 Å². The average molecular weight is 580 g/mol. The number of hydrogen-bond donors (Lipinski definition) is 3. The van der Waals surface area contributed by atoms with Crippen LogP contribution < -0.4 is 24.3 Å². The van der Waals surface area contributed by atoms with Gasteiger partial charge in [0.1, 0.15) is 23.6 Å². The highest BCUT2D eigenvalue weighted by Gasteiger charge is 2.34. The maximum Gasteiger partial charge on any atom is 0.366 e. The lowest BCUT2D eigenvalue weighted by atomic mass is 9.86. The van der Waals surface area contributed by atoms with E-state index in [1.165, 1.54) is 34.3 Å². The summed E-state index contributed by atoms with van der Waals surface area (Å²) < 4.78 is 22.3. The van der Waals surface area contributed by atoms with Crippen LogP contribution in [0.5, 0.6) is 23.0 Å². The Bertz CT molecular complexity index is 1310. The van der Waals surface area contributed by atoms with Gasteiger partial charge >= 0.3 is 17.6 Å². The Kier molecular flexibility index (Phi) is 9.71. The van der Waals surface area contributed by atoms with Gasteiger partial charge in [0.2, 0.25) is 11.9 Å². The van der Waals surface area contributed by atoms with Gasteiger partial charge in [-0.25, -0.2) is 4.79 Å². The molecule has 3 aromatic rings. The molecule has 2 aromatic carbocycles. The molecule has 0 radical (unpaired) electrons. The largest absolute Gasteiger partial charge is 0.499 e. The van der Waals surface area contributed by atoms with E-state index in [1.54, 1.807) is 43.3 Å². The molecule has 3 rings (SSSR count). The maximum absolute atomic E-state index is 13.1. The number of carbonyl (C=O) groups excluding carboxylic acids is 2. The van der Waals surface area contributed by atoms with Crippen molar-refractivity contribution < 1.29 is 43.6 Å². The van der Waals surface area contributed by atoms with Crippen molar-refractivity contribution in [2.75, 3.05) is 21.3 Å². The number of aromatic hydroxyl groups is 1. The van der Waals surface area contributed by atoms with Crippen LogP contribution in [0.3, 0.4) is 0 Å². The summed E-state index contributed by atoms with van der Waals surface area (Å²) in [4.78, 5) is 25.9. The first kappa shape index (κ1) is 29.7. The lowest BCUT2D eigenvalue weighted by molar-refractivity contribution is -0.906. The van der Waals surface area contributed by atoms with E-state index >= 15 is 0 Å². The number of aromatic nitrogens is 1. The predicted octanol–water partition coefficient (Wildman–Crippen LogP) is 4.13. The second-order valence-corrected chi connectivity index (χ2v) is 9.39. The second-order valence-electron chi connectivity index (χ2n) is 8.51. The van der Waals surface area contributed by atoms with E-state index in [9.17, 15) is 19.9 Å². The van der Waals surface area contributed by atoms with Crippen molar-refractivity contribution in [3.63, 3.8) is 0 Å². The summed E-state index contributed by atoms with van der Waals surface area (Å²) in [5.41, 5.74) is 0.820. The summed E-state index contributed by atoms with van der Waals surface area (Å²) in [6.07, 6.45) is 0.317. The van der Waals surface area contributed by atoms with Gasteiger partial charge in [-0.2, -0.15) is 0 Å². The normalized spacial score (nSPS) is 12.4. The number of benzene rings is 2. The Morgan fingerprint density at radius 3 is 1.87 bits per heavy atom. The van der Waals surface area contributed by atoms with Gasteiger partial charge in [0.15, 0.2) is 5.75 Å². The molecule has 0 aliphatic heterocycles. The topological polar surface area (TPSA) is 127 Å². The molecule has 1 amide bonds. The zero-order valence-corrected chi connectivity index (χ0v) is 23.4.